The first-order valence-corrected chi connectivity index (χ1v) is 15.2. The molecule has 1 aromatic carbocycles. The summed E-state index contributed by atoms with van der Waals surface area (Å²) in [4.78, 5) is 31.9. The number of hydrogen-bond acceptors (Lipinski definition) is 6. The highest BCUT2D eigenvalue weighted by Gasteiger charge is 2.49. The molecule has 0 atom stereocenters. The molecule has 1 aliphatic carbocycles. The first kappa shape index (κ1) is 29.6. The highest BCUT2D eigenvalue weighted by atomic mass is 16.6. The van der Waals surface area contributed by atoms with Crippen LogP contribution < -0.4 is 0 Å². The predicted molar refractivity (Wildman–Crippen MR) is 157 cm³/mol. The molecule has 5 rings (SSSR count). The van der Waals surface area contributed by atoms with Crippen LogP contribution in [0, 0.1) is 5.41 Å². The first-order valence-electron chi connectivity index (χ1n) is 15.2. The molecule has 0 unspecified atom stereocenters. The fraction of sp³-hybridized carbons (Fsp3) is 0.656. The molecule has 2 aromatic rings. The van der Waals surface area contributed by atoms with E-state index in [1.54, 1.807) is 11.9 Å². The average molecular weight is 566 g/mol. The van der Waals surface area contributed by atoms with Crippen molar-refractivity contribution in [1.82, 2.24) is 24.5 Å². The Morgan fingerprint density at radius 3 is 2.54 bits per heavy atom. The van der Waals surface area contributed by atoms with Crippen molar-refractivity contribution in [3.05, 3.63) is 52.8 Å². The molecular weight excluding hydrogens is 518 g/mol. The largest absolute Gasteiger partial charge is 0.444 e. The summed E-state index contributed by atoms with van der Waals surface area (Å²) in [6.07, 6.45) is 4.53. The number of likely N-dealkylation sites (tertiary alicyclic amines) is 1. The third kappa shape index (κ3) is 6.78. The van der Waals surface area contributed by atoms with Gasteiger partial charge in [0.1, 0.15) is 5.60 Å². The summed E-state index contributed by atoms with van der Waals surface area (Å²) < 4.78 is 13.5. The zero-order valence-electron chi connectivity index (χ0n) is 25.5. The molecule has 1 aromatic heterocycles. The van der Waals surface area contributed by atoms with Crippen molar-refractivity contribution in [2.75, 3.05) is 40.3 Å². The molecule has 3 heterocycles. The van der Waals surface area contributed by atoms with E-state index in [1.165, 1.54) is 16.8 Å². The number of ether oxygens (including phenoxy) is 2. The molecule has 3 aliphatic rings. The Morgan fingerprint density at radius 1 is 1.10 bits per heavy atom. The maximum atomic E-state index is 13.6. The third-order valence-electron chi connectivity index (χ3n) is 8.97. The Kier molecular flexibility index (Phi) is 8.76. The van der Waals surface area contributed by atoms with Crippen LogP contribution in [0.15, 0.2) is 30.3 Å². The molecule has 1 saturated heterocycles. The van der Waals surface area contributed by atoms with Crippen LogP contribution in [0.4, 0.5) is 4.79 Å². The number of aromatic nitrogens is 2. The zero-order valence-corrected chi connectivity index (χ0v) is 25.5. The van der Waals surface area contributed by atoms with Crippen LogP contribution in [-0.2, 0) is 40.5 Å². The third-order valence-corrected chi connectivity index (χ3v) is 8.97. The summed E-state index contributed by atoms with van der Waals surface area (Å²) in [7, 11) is 3.86. The second kappa shape index (κ2) is 12.1. The van der Waals surface area contributed by atoms with Gasteiger partial charge in [0.15, 0.2) is 0 Å². The van der Waals surface area contributed by atoms with Crippen molar-refractivity contribution in [2.45, 2.75) is 90.6 Å². The van der Waals surface area contributed by atoms with Gasteiger partial charge in [0, 0.05) is 45.3 Å². The van der Waals surface area contributed by atoms with E-state index in [4.69, 9.17) is 14.6 Å². The summed E-state index contributed by atoms with van der Waals surface area (Å²) >= 11 is 0. The first-order chi connectivity index (χ1) is 19.5. The molecule has 2 amide bonds. The summed E-state index contributed by atoms with van der Waals surface area (Å²) in [6.45, 7) is 11.3. The standard InChI is InChI=1S/C32H47N5O4/c1-31(2,3)41-30(39)35(5)18-17-34(4)22-26-28(27-23-40-20-19-37(27)33-26)25-11-13-32(14-12-25)15-16-36(29(32)38)21-24-9-7-6-8-10-24/h6-10,25H,11-23H2,1-5H3. The topological polar surface area (TPSA) is 80.1 Å². The lowest BCUT2D eigenvalue weighted by atomic mass is 9.67. The number of rotatable bonds is 8. The molecular formula is C32H47N5O4. The van der Waals surface area contributed by atoms with E-state index in [1.807, 2.05) is 39.0 Å². The van der Waals surface area contributed by atoms with Crippen LogP contribution in [0.3, 0.4) is 0 Å². The van der Waals surface area contributed by atoms with Gasteiger partial charge in [-0.25, -0.2) is 4.79 Å². The van der Waals surface area contributed by atoms with E-state index in [9.17, 15) is 9.59 Å². The van der Waals surface area contributed by atoms with E-state index in [0.717, 1.165) is 50.9 Å². The lowest BCUT2D eigenvalue weighted by molar-refractivity contribution is -0.138. The summed E-state index contributed by atoms with van der Waals surface area (Å²) in [5.41, 5.74) is 4.12. The maximum Gasteiger partial charge on any atom is 0.410 e. The van der Waals surface area contributed by atoms with Crippen molar-refractivity contribution in [3.63, 3.8) is 0 Å². The Balaban J connectivity index is 1.23. The number of likely N-dealkylation sites (N-methyl/N-ethyl adjacent to an activating group) is 2. The van der Waals surface area contributed by atoms with Gasteiger partial charge >= 0.3 is 6.09 Å². The second-order valence-electron chi connectivity index (χ2n) is 13.2. The van der Waals surface area contributed by atoms with E-state index in [0.29, 0.717) is 51.2 Å². The fourth-order valence-electron chi connectivity index (χ4n) is 6.67. The molecule has 224 valence electrons. The molecule has 0 bridgehead atoms. The minimum Gasteiger partial charge on any atom is -0.444 e. The number of hydrogen-bond donors (Lipinski definition) is 0. The highest BCUT2D eigenvalue weighted by Crippen LogP contribution is 2.50. The number of carbonyl (C=O) groups excluding carboxylic acids is 2. The summed E-state index contributed by atoms with van der Waals surface area (Å²) in [6, 6.07) is 10.3. The van der Waals surface area contributed by atoms with Gasteiger partial charge in [-0.05, 0) is 71.4 Å². The van der Waals surface area contributed by atoms with Crippen LogP contribution in [0.2, 0.25) is 0 Å². The van der Waals surface area contributed by atoms with Crippen LogP contribution in [-0.4, -0.2) is 82.4 Å². The van der Waals surface area contributed by atoms with Gasteiger partial charge in [0.2, 0.25) is 5.91 Å². The lowest BCUT2D eigenvalue weighted by Gasteiger charge is -2.36. The minimum atomic E-state index is -0.508. The smallest absolute Gasteiger partial charge is 0.410 e. The fourth-order valence-corrected chi connectivity index (χ4v) is 6.67. The van der Waals surface area contributed by atoms with Crippen molar-refractivity contribution >= 4 is 12.0 Å². The van der Waals surface area contributed by atoms with Gasteiger partial charge in [-0.15, -0.1) is 0 Å². The Morgan fingerprint density at radius 2 is 1.83 bits per heavy atom. The van der Waals surface area contributed by atoms with Crippen LogP contribution in [0.25, 0.3) is 0 Å². The monoisotopic (exact) mass is 565 g/mol. The van der Waals surface area contributed by atoms with Crippen LogP contribution in [0.5, 0.6) is 0 Å². The molecule has 0 radical (unpaired) electrons. The van der Waals surface area contributed by atoms with E-state index < -0.39 is 5.60 Å². The number of amides is 2. The highest BCUT2D eigenvalue weighted by molar-refractivity contribution is 5.85. The van der Waals surface area contributed by atoms with Crippen molar-refractivity contribution in [3.8, 4) is 0 Å². The summed E-state index contributed by atoms with van der Waals surface area (Å²) in [5.74, 6) is 0.726. The Hall–Kier alpha value is -2.91. The Bertz CT molecular complexity index is 1210. The molecule has 2 fully saturated rings. The number of carbonyl (C=O) groups is 2. The van der Waals surface area contributed by atoms with Crippen molar-refractivity contribution in [2.24, 2.45) is 5.41 Å². The normalized spacial score (nSPS) is 22.8. The van der Waals surface area contributed by atoms with Gasteiger partial charge < -0.3 is 19.3 Å². The molecule has 0 N–H and O–H groups in total. The minimum absolute atomic E-state index is 0.210. The van der Waals surface area contributed by atoms with E-state index >= 15 is 0 Å². The van der Waals surface area contributed by atoms with Crippen LogP contribution >= 0.6 is 0 Å². The maximum absolute atomic E-state index is 13.6. The van der Waals surface area contributed by atoms with Gasteiger partial charge in [0.25, 0.3) is 0 Å². The SMILES string of the molecule is CN(CCN(C)C(=O)OC(C)(C)C)Cc1nn2c(c1C1CCC3(CC1)CCN(Cc1ccccc1)C3=O)COCC2. The summed E-state index contributed by atoms with van der Waals surface area (Å²) in [5, 5.41) is 5.05. The van der Waals surface area contributed by atoms with Gasteiger partial charge in [-0.2, -0.15) is 5.10 Å². The van der Waals surface area contributed by atoms with E-state index in [2.05, 4.69) is 33.7 Å². The second-order valence-corrected chi connectivity index (χ2v) is 13.2. The van der Waals surface area contributed by atoms with Crippen LogP contribution in [0.1, 0.15) is 81.3 Å². The molecule has 9 heteroatoms. The molecule has 1 spiro atoms. The molecule has 1 saturated carbocycles. The van der Waals surface area contributed by atoms with Gasteiger partial charge in [-0.3, -0.25) is 14.4 Å². The Labute approximate surface area is 244 Å². The molecule has 9 nitrogen and oxygen atoms in total. The number of nitrogens with zero attached hydrogens (tertiary/aromatic N) is 5. The van der Waals surface area contributed by atoms with E-state index in [-0.39, 0.29) is 11.5 Å². The predicted octanol–water partition coefficient (Wildman–Crippen LogP) is 4.79. The van der Waals surface area contributed by atoms with Crippen molar-refractivity contribution in [1.29, 1.82) is 0 Å². The van der Waals surface area contributed by atoms with Crippen molar-refractivity contribution < 1.29 is 19.1 Å². The quantitative estimate of drug-likeness (QED) is 0.458. The molecule has 2 aliphatic heterocycles. The number of benzene rings is 1. The zero-order chi connectivity index (χ0) is 29.2. The lowest BCUT2D eigenvalue weighted by Crippen LogP contribution is -2.38. The molecule has 41 heavy (non-hydrogen) atoms. The average Bonchev–Trinajstić information content (AvgIpc) is 3.44. The van der Waals surface area contributed by atoms with Gasteiger partial charge in [-0.1, -0.05) is 30.3 Å². The number of fused-ring (bicyclic) bond motifs is 1. The van der Waals surface area contributed by atoms with Gasteiger partial charge in [0.05, 0.1) is 36.6 Å².